The minimum absolute atomic E-state index is 0.394. The van der Waals surface area contributed by atoms with Gasteiger partial charge in [-0.25, -0.2) is 9.18 Å². The second-order valence-corrected chi connectivity index (χ2v) is 4.31. The molecule has 9 nitrogen and oxygen atoms in total. The zero-order valence-electron chi connectivity index (χ0n) is 10.1. The number of hydrogen-bond acceptors (Lipinski definition) is 8. The van der Waals surface area contributed by atoms with E-state index in [0.29, 0.717) is 6.20 Å². The van der Waals surface area contributed by atoms with E-state index in [9.17, 15) is 24.5 Å². The number of H-pyrrole nitrogens is 1. The molecule has 1 aromatic rings. The third kappa shape index (κ3) is 2.78. The number of ether oxygens (including phenoxy) is 1. The summed E-state index contributed by atoms with van der Waals surface area (Å²) in [7, 11) is 0. The highest BCUT2D eigenvalue weighted by Gasteiger charge is 2.43. The zero-order chi connectivity index (χ0) is 14.9. The van der Waals surface area contributed by atoms with E-state index < -0.39 is 54.6 Å². The van der Waals surface area contributed by atoms with E-state index in [1.54, 1.807) is 0 Å². The van der Waals surface area contributed by atoms with Crippen molar-refractivity contribution < 1.29 is 29.6 Å². The summed E-state index contributed by atoms with van der Waals surface area (Å²) < 4.78 is 18.5. The Morgan fingerprint density at radius 3 is 2.70 bits per heavy atom. The number of rotatable bonds is 3. The molecule has 2 rings (SSSR count). The first-order valence-corrected chi connectivity index (χ1v) is 5.76. The fourth-order valence-corrected chi connectivity index (χ4v) is 1.85. The predicted molar refractivity (Wildman–Crippen MR) is 62.2 cm³/mol. The van der Waals surface area contributed by atoms with Crippen LogP contribution in [-0.2, 0) is 4.74 Å². The van der Waals surface area contributed by atoms with Gasteiger partial charge < -0.3 is 30.5 Å². The Kier molecular flexibility index (Phi) is 4.30. The first kappa shape index (κ1) is 14.8. The summed E-state index contributed by atoms with van der Waals surface area (Å²) >= 11 is 0. The van der Waals surface area contributed by atoms with Gasteiger partial charge in [-0.1, -0.05) is 0 Å². The lowest BCUT2D eigenvalue weighted by Crippen LogP contribution is -2.60. The number of nitrogens with one attached hydrogen (secondary N) is 2. The number of aromatic nitrogens is 2. The summed E-state index contributed by atoms with van der Waals surface area (Å²) in [6, 6.07) is 0. The summed E-state index contributed by atoms with van der Waals surface area (Å²) in [5.74, 6) is -1.30. The molecule has 112 valence electrons. The maximum atomic E-state index is 13.4. The number of nitrogens with zero attached hydrogens (tertiary/aromatic N) is 1. The third-order valence-electron chi connectivity index (χ3n) is 2.94. The molecule has 1 aliphatic heterocycles. The monoisotopic (exact) mass is 291 g/mol. The van der Waals surface area contributed by atoms with Crippen LogP contribution < -0.4 is 11.0 Å². The average Bonchev–Trinajstić information content (AvgIpc) is 2.43. The van der Waals surface area contributed by atoms with Gasteiger partial charge in [0.1, 0.15) is 30.2 Å². The van der Waals surface area contributed by atoms with E-state index in [2.05, 4.69) is 15.3 Å². The van der Waals surface area contributed by atoms with Crippen LogP contribution in [0.4, 0.5) is 10.2 Å². The SMILES string of the molecule is O=c1ncc(F)c(N[C@H]2O[C@H](CO)[C@@H](O)[C@H](O)[C@@H]2O)[nH]1. The van der Waals surface area contributed by atoms with Crippen molar-refractivity contribution in [3.05, 3.63) is 22.5 Å². The van der Waals surface area contributed by atoms with E-state index in [1.165, 1.54) is 0 Å². The number of hydrogen-bond donors (Lipinski definition) is 6. The van der Waals surface area contributed by atoms with Crippen LogP contribution in [0.15, 0.2) is 11.0 Å². The van der Waals surface area contributed by atoms with Crippen LogP contribution in [0.25, 0.3) is 0 Å². The van der Waals surface area contributed by atoms with Crippen molar-refractivity contribution in [2.45, 2.75) is 30.6 Å². The van der Waals surface area contributed by atoms with Crippen LogP contribution in [0.3, 0.4) is 0 Å². The van der Waals surface area contributed by atoms with Crippen molar-refractivity contribution in [2.24, 2.45) is 0 Å². The van der Waals surface area contributed by atoms with Gasteiger partial charge >= 0.3 is 5.69 Å². The molecule has 10 heteroatoms. The Hall–Kier alpha value is -1.59. The Morgan fingerprint density at radius 2 is 2.05 bits per heavy atom. The van der Waals surface area contributed by atoms with E-state index in [4.69, 9.17) is 9.84 Å². The summed E-state index contributed by atoms with van der Waals surface area (Å²) in [5, 5.41) is 40.2. The molecule has 1 fully saturated rings. The highest BCUT2D eigenvalue weighted by atomic mass is 19.1. The smallest absolute Gasteiger partial charge is 0.346 e. The van der Waals surface area contributed by atoms with Crippen molar-refractivity contribution in [3.8, 4) is 0 Å². The quantitative estimate of drug-likeness (QED) is 0.348. The molecular formula is C10H14FN3O6. The average molecular weight is 291 g/mol. The maximum absolute atomic E-state index is 13.4. The largest absolute Gasteiger partial charge is 0.394 e. The van der Waals surface area contributed by atoms with Gasteiger partial charge in [0.05, 0.1) is 12.8 Å². The van der Waals surface area contributed by atoms with Crippen LogP contribution in [0.1, 0.15) is 0 Å². The van der Waals surface area contributed by atoms with Gasteiger partial charge in [-0.15, -0.1) is 0 Å². The van der Waals surface area contributed by atoms with E-state index in [-0.39, 0.29) is 0 Å². The van der Waals surface area contributed by atoms with Crippen LogP contribution in [0.5, 0.6) is 0 Å². The number of aliphatic hydroxyl groups is 4. The predicted octanol–water partition coefficient (Wildman–Crippen LogP) is -2.88. The minimum atomic E-state index is -1.60. The number of aliphatic hydroxyl groups excluding tert-OH is 4. The van der Waals surface area contributed by atoms with E-state index in [0.717, 1.165) is 0 Å². The van der Waals surface area contributed by atoms with Gasteiger partial charge in [0.25, 0.3) is 0 Å². The van der Waals surface area contributed by atoms with Gasteiger partial charge in [-0.05, 0) is 0 Å². The van der Waals surface area contributed by atoms with Crippen LogP contribution in [0, 0.1) is 5.82 Å². The molecule has 0 aromatic carbocycles. The Morgan fingerprint density at radius 1 is 1.35 bits per heavy atom. The van der Waals surface area contributed by atoms with Crippen LogP contribution in [-0.4, -0.2) is 67.6 Å². The molecule has 1 aliphatic rings. The molecule has 0 bridgehead atoms. The molecule has 0 amide bonds. The van der Waals surface area contributed by atoms with Gasteiger partial charge in [-0.3, -0.25) is 4.98 Å². The lowest BCUT2D eigenvalue weighted by molar-refractivity contribution is -0.221. The van der Waals surface area contributed by atoms with E-state index >= 15 is 0 Å². The third-order valence-corrected chi connectivity index (χ3v) is 2.94. The van der Waals surface area contributed by atoms with Gasteiger partial charge in [0.2, 0.25) is 0 Å². The van der Waals surface area contributed by atoms with Crippen molar-refractivity contribution in [1.29, 1.82) is 0 Å². The van der Waals surface area contributed by atoms with Crippen molar-refractivity contribution in [3.63, 3.8) is 0 Å². The van der Waals surface area contributed by atoms with Crippen LogP contribution in [0.2, 0.25) is 0 Å². The second kappa shape index (κ2) is 5.81. The summed E-state index contributed by atoms with van der Waals surface area (Å²) in [6.07, 6.45) is -6.51. The molecule has 1 aromatic heterocycles. The lowest BCUT2D eigenvalue weighted by atomic mass is 9.98. The normalized spacial score (nSPS) is 34.0. The first-order chi connectivity index (χ1) is 9.43. The fraction of sp³-hybridized carbons (Fsp3) is 0.600. The van der Waals surface area contributed by atoms with Gasteiger partial charge in [-0.2, -0.15) is 4.98 Å². The van der Waals surface area contributed by atoms with E-state index in [1.807, 2.05) is 0 Å². The first-order valence-electron chi connectivity index (χ1n) is 5.76. The molecule has 1 saturated heterocycles. The van der Waals surface area contributed by atoms with Crippen molar-refractivity contribution >= 4 is 5.82 Å². The minimum Gasteiger partial charge on any atom is -0.394 e. The highest BCUT2D eigenvalue weighted by Crippen LogP contribution is 2.22. The number of aromatic amines is 1. The highest BCUT2D eigenvalue weighted by molar-refractivity contribution is 5.35. The Balaban J connectivity index is 2.19. The van der Waals surface area contributed by atoms with Crippen molar-refractivity contribution in [2.75, 3.05) is 11.9 Å². The molecule has 0 saturated carbocycles. The molecule has 20 heavy (non-hydrogen) atoms. The van der Waals surface area contributed by atoms with Gasteiger partial charge in [0.15, 0.2) is 12.0 Å². The summed E-state index contributed by atoms with van der Waals surface area (Å²) in [4.78, 5) is 16.2. The Bertz CT molecular complexity index is 524. The van der Waals surface area contributed by atoms with Crippen molar-refractivity contribution in [1.82, 2.24) is 9.97 Å². The maximum Gasteiger partial charge on any atom is 0.346 e. The molecule has 0 aliphatic carbocycles. The van der Waals surface area contributed by atoms with Gasteiger partial charge in [0, 0.05) is 0 Å². The molecule has 0 radical (unpaired) electrons. The molecule has 0 unspecified atom stereocenters. The summed E-state index contributed by atoms with van der Waals surface area (Å²) in [5.41, 5.74) is -0.821. The molecule has 0 spiro atoms. The molecule has 5 atom stereocenters. The summed E-state index contributed by atoms with van der Waals surface area (Å²) in [6.45, 7) is -0.613. The lowest BCUT2D eigenvalue weighted by Gasteiger charge is -2.40. The standard InChI is InChI=1S/C10H14FN3O6/c11-3-1-12-10(19)14-8(3)13-9-7(18)6(17)5(16)4(2-15)20-9/h1,4-7,9,15-18H,2H2,(H2,12,13,14,19)/t4-,5-,6+,7+,9+/m1/s1. The zero-order valence-corrected chi connectivity index (χ0v) is 10.1. The molecular weight excluding hydrogens is 277 g/mol. The second-order valence-electron chi connectivity index (χ2n) is 4.31. The number of halogens is 1. The number of anilines is 1. The fourth-order valence-electron chi connectivity index (χ4n) is 1.85. The van der Waals surface area contributed by atoms with Crippen LogP contribution >= 0.6 is 0 Å². The molecule has 2 heterocycles. The molecule has 6 N–H and O–H groups in total. The Labute approximate surface area is 111 Å². The topological polar surface area (TPSA) is 148 Å².